The molecule has 5 heteroatoms. The number of furan rings is 1. The van der Waals surface area contributed by atoms with Crippen LogP contribution in [-0.2, 0) is 11.3 Å². The van der Waals surface area contributed by atoms with Crippen LogP contribution in [0.2, 0.25) is 0 Å². The van der Waals surface area contributed by atoms with Crippen LogP contribution in [0.4, 0.5) is 0 Å². The van der Waals surface area contributed by atoms with Gasteiger partial charge in [0.05, 0.1) is 12.5 Å². The Hall–Kier alpha value is -1.33. The minimum atomic E-state index is -1.73. The van der Waals surface area contributed by atoms with Crippen molar-refractivity contribution in [1.82, 2.24) is 5.32 Å². The Morgan fingerprint density at radius 2 is 2.43 bits per heavy atom. The molecule has 0 aliphatic rings. The number of rotatable bonds is 5. The Bertz CT molecular complexity index is 292. The van der Waals surface area contributed by atoms with Gasteiger partial charge in [-0.3, -0.25) is 0 Å². The van der Waals surface area contributed by atoms with Crippen molar-refractivity contribution < 1.29 is 19.4 Å². The quantitative estimate of drug-likeness (QED) is 0.631. The van der Waals surface area contributed by atoms with Crippen LogP contribution in [0.1, 0.15) is 12.5 Å². The van der Waals surface area contributed by atoms with Crippen molar-refractivity contribution in [2.45, 2.75) is 19.1 Å². The van der Waals surface area contributed by atoms with Crippen LogP contribution in [0, 0.1) is 0 Å². The van der Waals surface area contributed by atoms with Crippen LogP contribution in [0.15, 0.2) is 23.0 Å². The molecule has 1 aromatic heterocycles. The van der Waals surface area contributed by atoms with Crippen LogP contribution in [0.3, 0.4) is 0 Å². The molecule has 1 heterocycles. The molecule has 0 saturated carbocycles. The third kappa shape index (κ3) is 2.86. The van der Waals surface area contributed by atoms with E-state index in [2.05, 4.69) is 5.32 Å². The summed E-state index contributed by atoms with van der Waals surface area (Å²) in [5, 5.41) is 20.7. The van der Waals surface area contributed by atoms with Gasteiger partial charge in [-0.25, -0.2) is 4.79 Å². The summed E-state index contributed by atoms with van der Waals surface area (Å²) < 4.78 is 4.83. The van der Waals surface area contributed by atoms with Gasteiger partial charge in [0.1, 0.15) is 0 Å². The smallest absolute Gasteiger partial charge is 0.336 e. The van der Waals surface area contributed by atoms with Gasteiger partial charge in [-0.15, -0.1) is 0 Å². The Balaban J connectivity index is 2.31. The summed E-state index contributed by atoms with van der Waals surface area (Å²) in [4.78, 5) is 10.5. The number of hydrogen-bond donors (Lipinski definition) is 3. The molecule has 1 rings (SSSR count). The minimum Gasteiger partial charge on any atom is -0.479 e. The van der Waals surface area contributed by atoms with E-state index in [1.165, 1.54) is 13.2 Å². The number of carboxylic acid groups (broad SMARTS) is 1. The topological polar surface area (TPSA) is 82.7 Å². The normalized spacial score (nSPS) is 15.0. The Morgan fingerprint density at radius 1 is 1.71 bits per heavy atom. The molecule has 1 atom stereocenters. The maximum atomic E-state index is 10.5. The molecule has 0 fully saturated rings. The third-order valence-electron chi connectivity index (χ3n) is 1.84. The number of nitrogens with one attached hydrogen (secondary N) is 1. The average molecular weight is 199 g/mol. The molecule has 78 valence electrons. The molecule has 0 radical (unpaired) electrons. The summed E-state index contributed by atoms with van der Waals surface area (Å²) in [6.45, 7) is 1.71. The maximum absolute atomic E-state index is 10.5. The molecule has 0 spiro atoms. The van der Waals surface area contributed by atoms with E-state index in [1.54, 1.807) is 12.3 Å². The minimum absolute atomic E-state index is 0.00644. The third-order valence-corrected chi connectivity index (χ3v) is 1.84. The number of aliphatic carboxylic acids is 1. The lowest BCUT2D eigenvalue weighted by atomic mass is 10.1. The first kappa shape index (κ1) is 10.7. The van der Waals surface area contributed by atoms with E-state index < -0.39 is 11.6 Å². The predicted octanol–water partition coefficient (Wildman–Crippen LogP) is 0.205. The summed E-state index contributed by atoms with van der Waals surface area (Å²) in [5.41, 5.74) is -0.824. The predicted molar refractivity (Wildman–Crippen MR) is 48.7 cm³/mol. The number of hydrogen-bond acceptors (Lipinski definition) is 4. The molecule has 0 saturated heterocycles. The highest BCUT2D eigenvalue weighted by Gasteiger charge is 2.28. The molecule has 0 aliphatic carbocycles. The van der Waals surface area contributed by atoms with Crippen LogP contribution in [0.5, 0.6) is 0 Å². The van der Waals surface area contributed by atoms with Crippen molar-refractivity contribution in [3.8, 4) is 0 Å². The van der Waals surface area contributed by atoms with Crippen molar-refractivity contribution in [2.24, 2.45) is 0 Å². The highest BCUT2D eigenvalue weighted by atomic mass is 16.4. The molecule has 1 aromatic rings. The molecular formula is C9H13NO4. The van der Waals surface area contributed by atoms with Crippen LogP contribution in [-0.4, -0.2) is 28.3 Å². The van der Waals surface area contributed by atoms with Crippen molar-refractivity contribution in [3.63, 3.8) is 0 Å². The summed E-state index contributed by atoms with van der Waals surface area (Å²) in [6.07, 6.45) is 3.09. The van der Waals surface area contributed by atoms with E-state index in [0.717, 1.165) is 5.56 Å². The lowest BCUT2D eigenvalue weighted by Gasteiger charge is -2.17. The molecule has 0 aromatic carbocycles. The average Bonchev–Trinajstić information content (AvgIpc) is 2.56. The van der Waals surface area contributed by atoms with Crippen LogP contribution in [0.25, 0.3) is 0 Å². The second kappa shape index (κ2) is 4.26. The fourth-order valence-electron chi connectivity index (χ4n) is 0.919. The highest BCUT2D eigenvalue weighted by molar-refractivity contribution is 5.76. The molecule has 0 aliphatic heterocycles. The van der Waals surface area contributed by atoms with E-state index in [9.17, 15) is 9.90 Å². The second-order valence-corrected chi connectivity index (χ2v) is 3.31. The molecule has 0 amide bonds. The number of carbonyl (C=O) groups is 1. The Kier molecular flexibility index (Phi) is 3.27. The Labute approximate surface area is 81.4 Å². The zero-order chi connectivity index (χ0) is 10.6. The molecule has 3 N–H and O–H groups in total. The molecule has 14 heavy (non-hydrogen) atoms. The van der Waals surface area contributed by atoms with E-state index in [1.807, 2.05) is 0 Å². The van der Waals surface area contributed by atoms with Gasteiger partial charge in [-0.1, -0.05) is 0 Å². The van der Waals surface area contributed by atoms with Crippen molar-refractivity contribution in [1.29, 1.82) is 0 Å². The van der Waals surface area contributed by atoms with Crippen molar-refractivity contribution in [2.75, 3.05) is 6.54 Å². The van der Waals surface area contributed by atoms with Gasteiger partial charge < -0.3 is 19.9 Å². The fourth-order valence-corrected chi connectivity index (χ4v) is 0.919. The standard InChI is InChI=1S/C9H13NO4/c1-9(13,8(11)12)6-10-4-7-2-3-14-5-7/h2-3,5,10,13H,4,6H2,1H3,(H,11,12). The van der Waals surface area contributed by atoms with E-state index in [-0.39, 0.29) is 6.54 Å². The first-order valence-corrected chi connectivity index (χ1v) is 4.20. The zero-order valence-corrected chi connectivity index (χ0v) is 7.86. The molecule has 0 bridgehead atoms. The Morgan fingerprint density at radius 3 is 2.93 bits per heavy atom. The van der Waals surface area contributed by atoms with Crippen LogP contribution < -0.4 is 5.32 Å². The van der Waals surface area contributed by atoms with Gasteiger partial charge in [-0.05, 0) is 13.0 Å². The van der Waals surface area contributed by atoms with Gasteiger partial charge in [0, 0.05) is 18.7 Å². The first-order valence-electron chi connectivity index (χ1n) is 4.20. The number of aliphatic hydroxyl groups is 1. The zero-order valence-electron chi connectivity index (χ0n) is 7.86. The summed E-state index contributed by atoms with van der Waals surface area (Å²) in [5.74, 6) is -1.24. The monoisotopic (exact) mass is 199 g/mol. The summed E-state index contributed by atoms with van der Waals surface area (Å²) in [6, 6.07) is 1.77. The summed E-state index contributed by atoms with van der Waals surface area (Å²) >= 11 is 0. The van der Waals surface area contributed by atoms with Crippen LogP contribution >= 0.6 is 0 Å². The lowest BCUT2D eigenvalue weighted by molar-refractivity contribution is -0.156. The van der Waals surface area contributed by atoms with Gasteiger partial charge in [0.25, 0.3) is 0 Å². The molecule has 5 nitrogen and oxygen atoms in total. The van der Waals surface area contributed by atoms with E-state index >= 15 is 0 Å². The van der Waals surface area contributed by atoms with E-state index in [0.29, 0.717) is 6.54 Å². The second-order valence-electron chi connectivity index (χ2n) is 3.31. The van der Waals surface area contributed by atoms with Crippen molar-refractivity contribution >= 4 is 5.97 Å². The van der Waals surface area contributed by atoms with Gasteiger partial charge in [0.2, 0.25) is 0 Å². The van der Waals surface area contributed by atoms with E-state index in [4.69, 9.17) is 9.52 Å². The summed E-state index contributed by atoms with van der Waals surface area (Å²) in [7, 11) is 0. The fraction of sp³-hybridized carbons (Fsp3) is 0.444. The highest BCUT2D eigenvalue weighted by Crippen LogP contribution is 2.03. The SMILES string of the molecule is CC(O)(CNCc1ccoc1)C(=O)O. The lowest BCUT2D eigenvalue weighted by Crippen LogP contribution is -2.44. The number of carboxylic acids is 1. The largest absolute Gasteiger partial charge is 0.479 e. The first-order chi connectivity index (χ1) is 6.52. The van der Waals surface area contributed by atoms with Gasteiger partial charge >= 0.3 is 5.97 Å². The van der Waals surface area contributed by atoms with Gasteiger partial charge in [0.15, 0.2) is 5.60 Å². The van der Waals surface area contributed by atoms with Crippen molar-refractivity contribution in [3.05, 3.63) is 24.2 Å². The van der Waals surface area contributed by atoms with Gasteiger partial charge in [-0.2, -0.15) is 0 Å². The maximum Gasteiger partial charge on any atom is 0.336 e. The molecular weight excluding hydrogens is 186 g/mol. The molecule has 1 unspecified atom stereocenters.